The van der Waals surface area contributed by atoms with Crippen LogP contribution < -0.4 is 4.74 Å². The fourth-order valence-electron chi connectivity index (χ4n) is 5.25. The van der Waals surface area contributed by atoms with E-state index >= 15 is 0 Å². The summed E-state index contributed by atoms with van der Waals surface area (Å²) in [6.07, 6.45) is 4.77. The smallest absolute Gasteiger partial charge is 0.338 e. The number of nitro groups is 1. The second-order valence-electron chi connectivity index (χ2n) is 9.65. The number of hydrogen-bond donors (Lipinski definition) is 0. The van der Waals surface area contributed by atoms with Gasteiger partial charge in [0.25, 0.3) is 11.6 Å². The third-order valence-electron chi connectivity index (χ3n) is 7.11. The molecule has 3 aromatic rings. The summed E-state index contributed by atoms with van der Waals surface area (Å²) in [5.74, 6) is 1.07. The Morgan fingerprint density at radius 2 is 1.67 bits per heavy atom. The molecule has 0 saturated carbocycles. The van der Waals surface area contributed by atoms with Crippen LogP contribution in [-0.4, -0.2) is 51.5 Å². The normalized spacial score (nSPS) is 19.9. The lowest BCUT2D eigenvalue weighted by molar-refractivity contribution is -0.385. The summed E-state index contributed by atoms with van der Waals surface area (Å²) >= 11 is 1.49. The highest BCUT2D eigenvalue weighted by atomic mass is 32.2. The van der Waals surface area contributed by atoms with Crippen molar-refractivity contribution in [3.63, 3.8) is 0 Å². The number of amides is 1. The lowest BCUT2D eigenvalue weighted by Crippen LogP contribution is -2.49. The summed E-state index contributed by atoms with van der Waals surface area (Å²) in [5.41, 5.74) is 2.18. The topological polar surface area (TPSA) is 112 Å². The van der Waals surface area contributed by atoms with Crippen molar-refractivity contribution in [2.24, 2.45) is 0 Å². The van der Waals surface area contributed by atoms with Crippen molar-refractivity contribution in [3.8, 4) is 5.75 Å². The molecule has 1 amide bonds. The highest BCUT2D eigenvalue weighted by Gasteiger charge is 2.44. The van der Waals surface area contributed by atoms with Crippen molar-refractivity contribution in [3.05, 3.63) is 93.7 Å². The van der Waals surface area contributed by atoms with Crippen LogP contribution in [0.5, 0.6) is 5.75 Å². The van der Waals surface area contributed by atoms with E-state index in [1.165, 1.54) is 24.0 Å². The quantitative estimate of drug-likeness (QED) is 0.146. The molecular weight excluding hydrogens is 518 g/mol. The predicted octanol–water partition coefficient (Wildman–Crippen LogP) is 5.67. The predicted molar refractivity (Wildman–Crippen MR) is 146 cm³/mol. The average Bonchev–Trinajstić information content (AvgIpc) is 3.22. The molecule has 2 atom stereocenters. The van der Waals surface area contributed by atoms with Crippen LogP contribution in [0.15, 0.2) is 71.9 Å². The lowest BCUT2D eigenvalue weighted by Gasteiger charge is -2.39. The molecule has 0 spiro atoms. The minimum absolute atomic E-state index is 0.0208. The van der Waals surface area contributed by atoms with E-state index in [0.29, 0.717) is 34.3 Å². The molecule has 2 bridgehead atoms. The van der Waals surface area contributed by atoms with Gasteiger partial charge in [-0.1, -0.05) is 12.1 Å². The molecule has 5 rings (SSSR count). The number of esters is 1. The Bertz CT molecular complexity index is 1320. The molecule has 202 valence electrons. The van der Waals surface area contributed by atoms with E-state index in [2.05, 4.69) is 4.98 Å². The number of carbonyl (C=O) groups excluding carboxylic acids is 2. The molecule has 2 unspecified atom stereocenters. The molecule has 2 aromatic carbocycles. The molecule has 1 aromatic heterocycles. The molecule has 9 nitrogen and oxygen atoms in total. The molecule has 2 fully saturated rings. The summed E-state index contributed by atoms with van der Waals surface area (Å²) in [7, 11) is 0. The molecule has 2 saturated heterocycles. The zero-order valence-electron chi connectivity index (χ0n) is 21.5. The van der Waals surface area contributed by atoms with Crippen molar-refractivity contribution in [2.45, 2.75) is 61.6 Å². The second-order valence-corrected chi connectivity index (χ2v) is 10.6. The number of nitrogens with zero attached hydrogens (tertiary/aromatic N) is 3. The van der Waals surface area contributed by atoms with Crippen LogP contribution in [-0.2, 0) is 10.5 Å². The van der Waals surface area contributed by atoms with Gasteiger partial charge in [-0.05, 0) is 67.8 Å². The monoisotopic (exact) mass is 547 g/mol. The molecule has 2 aliphatic rings. The Labute approximate surface area is 230 Å². The van der Waals surface area contributed by atoms with E-state index in [1.807, 2.05) is 29.2 Å². The Morgan fingerprint density at radius 1 is 1.00 bits per heavy atom. The highest BCUT2D eigenvalue weighted by Crippen LogP contribution is 2.38. The van der Waals surface area contributed by atoms with Crippen LogP contribution in [0, 0.1) is 10.1 Å². The van der Waals surface area contributed by atoms with Gasteiger partial charge < -0.3 is 14.4 Å². The first-order valence-electron chi connectivity index (χ1n) is 13.0. The number of benzene rings is 2. The molecule has 3 heterocycles. The van der Waals surface area contributed by atoms with Gasteiger partial charge in [0.2, 0.25) is 0 Å². The van der Waals surface area contributed by atoms with Crippen molar-refractivity contribution < 1.29 is 24.0 Å². The number of thioether (sulfide) groups is 1. The second kappa shape index (κ2) is 11.9. The molecular formula is C29H29N3O6S. The van der Waals surface area contributed by atoms with Gasteiger partial charge in [-0.15, -0.1) is 11.8 Å². The average molecular weight is 548 g/mol. The van der Waals surface area contributed by atoms with E-state index in [-0.39, 0.29) is 35.8 Å². The van der Waals surface area contributed by atoms with E-state index in [1.54, 1.807) is 37.3 Å². The molecule has 39 heavy (non-hydrogen) atoms. The fourth-order valence-corrected chi connectivity index (χ4v) is 6.05. The summed E-state index contributed by atoms with van der Waals surface area (Å²) in [6, 6.07) is 18.0. The van der Waals surface area contributed by atoms with Gasteiger partial charge in [0.05, 0.1) is 22.1 Å². The van der Waals surface area contributed by atoms with E-state index in [4.69, 9.17) is 9.47 Å². The standard InChI is InChI=1S/C29H29N3O6S/c1-2-37-29(34)21-7-12-25(13-8-21)38-26-15-22-9-10-23(16-26)31(22)28(33)20-5-3-19(4-6-20)18-39-27-14-11-24(17-30-27)32(35)36/h3-8,11-14,17,22-23,26H,2,9-10,15-16,18H2,1H3. The van der Waals surface area contributed by atoms with E-state index < -0.39 is 4.92 Å². The number of fused-ring (bicyclic) bond motifs is 2. The molecule has 0 N–H and O–H groups in total. The van der Waals surface area contributed by atoms with Crippen LogP contribution in [0.2, 0.25) is 0 Å². The van der Waals surface area contributed by atoms with Crippen LogP contribution in [0.1, 0.15) is 58.9 Å². The maximum Gasteiger partial charge on any atom is 0.338 e. The summed E-state index contributed by atoms with van der Waals surface area (Å²) in [4.78, 5) is 41.8. The third-order valence-corrected chi connectivity index (χ3v) is 8.13. The Kier molecular flexibility index (Phi) is 8.11. The first-order chi connectivity index (χ1) is 18.9. The number of ether oxygens (including phenoxy) is 2. The lowest BCUT2D eigenvalue weighted by atomic mass is 9.98. The SMILES string of the molecule is CCOC(=O)c1ccc(OC2CC3CCC(C2)N3C(=O)c2ccc(CSc3ccc([N+](=O)[O-])cn3)cc2)cc1. The first-order valence-corrected chi connectivity index (χ1v) is 14.0. The minimum atomic E-state index is -0.466. The number of piperidine rings is 1. The minimum Gasteiger partial charge on any atom is -0.490 e. The number of rotatable bonds is 9. The van der Waals surface area contributed by atoms with Crippen molar-refractivity contribution in [1.82, 2.24) is 9.88 Å². The largest absolute Gasteiger partial charge is 0.490 e. The fraction of sp³-hybridized carbons (Fsp3) is 0.345. The number of hydrogen-bond acceptors (Lipinski definition) is 8. The van der Waals surface area contributed by atoms with E-state index in [0.717, 1.165) is 31.2 Å². The maximum atomic E-state index is 13.4. The number of pyridine rings is 1. The van der Waals surface area contributed by atoms with Gasteiger partial charge in [0.1, 0.15) is 18.1 Å². The van der Waals surface area contributed by atoms with Crippen molar-refractivity contribution in [2.75, 3.05) is 6.61 Å². The van der Waals surface area contributed by atoms with Crippen molar-refractivity contribution in [1.29, 1.82) is 0 Å². The van der Waals surface area contributed by atoms with Gasteiger partial charge in [-0.25, -0.2) is 9.78 Å². The maximum absolute atomic E-state index is 13.4. The summed E-state index contributed by atoms with van der Waals surface area (Å²) in [5, 5.41) is 11.5. The Morgan fingerprint density at radius 3 is 2.26 bits per heavy atom. The highest BCUT2D eigenvalue weighted by molar-refractivity contribution is 7.98. The molecule has 10 heteroatoms. The van der Waals surface area contributed by atoms with Crippen LogP contribution in [0.4, 0.5) is 5.69 Å². The molecule has 0 aliphatic carbocycles. The molecule has 0 radical (unpaired) electrons. The Balaban J connectivity index is 1.15. The first kappa shape index (κ1) is 26.7. The van der Waals surface area contributed by atoms with Crippen molar-refractivity contribution >= 4 is 29.3 Å². The molecule has 2 aliphatic heterocycles. The van der Waals surface area contributed by atoms with Gasteiger partial charge in [0.15, 0.2) is 0 Å². The number of aromatic nitrogens is 1. The van der Waals surface area contributed by atoms with Crippen LogP contribution in [0.25, 0.3) is 0 Å². The number of carbonyl (C=O) groups is 2. The third kappa shape index (κ3) is 6.22. The zero-order valence-corrected chi connectivity index (χ0v) is 22.3. The van der Waals surface area contributed by atoms with Gasteiger partial charge in [-0.3, -0.25) is 14.9 Å². The van der Waals surface area contributed by atoms with Gasteiger partial charge in [-0.2, -0.15) is 0 Å². The summed E-state index contributed by atoms with van der Waals surface area (Å²) in [6.45, 7) is 2.11. The van der Waals surface area contributed by atoms with Crippen LogP contribution >= 0.6 is 11.8 Å². The van der Waals surface area contributed by atoms with Crippen LogP contribution in [0.3, 0.4) is 0 Å². The van der Waals surface area contributed by atoms with E-state index in [9.17, 15) is 19.7 Å². The zero-order chi connectivity index (χ0) is 27.4. The van der Waals surface area contributed by atoms with Gasteiger partial charge in [0, 0.05) is 42.3 Å². The summed E-state index contributed by atoms with van der Waals surface area (Å²) < 4.78 is 11.3. The Hall–Kier alpha value is -3.92. The van der Waals surface area contributed by atoms with Gasteiger partial charge >= 0.3 is 5.97 Å².